The van der Waals surface area contributed by atoms with Gasteiger partial charge in [0.05, 0.1) is 0 Å². The van der Waals surface area contributed by atoms with Crippen LogP contribution in [0.4, 0.5) is 5.69 Å². The fourth-order valence-corrected chi connectivity index (χ4v) is 2.49. The van der Waals surface area contributed by atoms with Crippen LogP contribution in [0.25, 0.3) is 6.08 Å². The molecule has 0 aromatic heterocycles. The maximum Gasteiger partial charge on any atom is 0.246 e. The van der Waals surface area contributed by atoms with E-state index in [1.54, 1.807) is 12.2 Å². The Morgan fingerprint density at radius 1 is 1.04 bits per heavy atom. The first-order valence-corrected chi connectivity index (χ1v) is 8.47. The molecular formula is C21H24N2O2. The van der Waals surface area contributed by atoms with Crippen molar-refractivity contribution in [2.45, 2.75) is 26.8 Å². The molecule has 2 amide bonds. The Balaban J connectivity index is 2.01. The van der Waals surface area contributed by atoms with Crippen molar-refractivity contribution in [3.8, 4) is 0 Å². The van der Waals surface area contributed by atoms with Crippen LogP contribution in [0.3, 0.4) is 0 Å². The number of hydrogen-bond acceptors (Lipinski definition) is 2. The summed E-state index contributed by atoms with van der Waals surface area (Å²) < 4.78 is 0. The molecule has 0 aliphatic carbocycles. The molecule has 0 unspecified atom stereocenters. The second kappa shape index (κ2) is 9.42. The number of amides is 2. The fourth-order valence-electron chi connectivity index (χ4n) is 2.49. The maximum absolute atomic E-state index is 12.5. The van der Waals surface area contributed by atoms with E-state index < -0.39 is 0 Å². The summed E-state index contributed by atoms with van der Waals surface area (Å²) in [5.41, 5.74) is 2.78. The Morgan fingerprint density at radius 2 is 1.72 bits per heavy atom. The first-order valence-electron chi connectivity index (χ1n) is 8.47. The van der Waals surface area contributed by atoms with Crippen LogP contribution < -0.4 is 5.32 Å². The van der Waals surface area contributed by atoms with Crippen molar-refractivity contribution in [3.05, 3.63) is 71.8 Å². The highest BCUT2D eigenvalue weighted by molar-refractivity contribution is 5.92. The SMILES string of the molecule is CCCN(Cc1ccccc1)C(=O)/C=C/c1ccc(NC(C)=O)cc1. The van der Waals surface area contributed by atoms with E-state index in [0.717, 1.165) is 29.8 Å². The van der Waals surface area contributed by atoms with Gasteiger partial charge in [-0.1, -0.05) is 49.4 Å². The van der Waals surface area contributed by atoms with Gasteiger partial charge in [0, 0.05) is 31.8 Å². The van der Waals surface area contributed by atoms with Crippen LogP contribution in [0.2, 0.25) is 0 Å². The average Bonchev–Trinajstić information content (AvgIpc) is 2.61. The molecule has 0 heterocycles. The lowest BCUT2D eigenvalue weighted by Crippen LogP contribution is -2.29. The van der Waals surface area contributed by atoms with Gasteiger partial charge in [0.25, 0.3) is 0 Å². The number of carbonyl (C=O) groups is 2. The second-order valence-electron chi connectivity index (χ2n) is 5.88. The normalized spacial score (nSPS) is 10.6. The third-order valence-electron chi connectivity index (χ3n) is 3.67. The molecule has 0 saturated carbocycles. The minimum Gasteiger partial charge on any atom is -0.335 e. The number of nitrogens with zero attached hydrogens (tertiary/aromatic N) is 1. The zero-order valence-corrected chi connectivity index (χ0v) is 14.7. The second-order valence-corrected chi connectivity index (χ2v) is 5.88. The first kappa shape index (κ1) is 18.5. The van der Waals surface area contributed by atoms with E-state index in [0.29, 0.717) is 6.54 Å². The Hall–Kier alpha value is -2.88. The van der Waals surface area contributed by atoms with Crippen LogP contribution in [0, 0.1) is 0 Å². The quantitative estimate of drug-likeness (QED) is 0.774. The molecule has 25 heavy (non-hydrogen) atoms. The number of anilines is 1. The number of rotatable bonds is 7. The monoisotopic (exact) mass is 336 g/mol. The van der Waals surface area contributed by atoms with E-state index in [1.807, 2.05) is 59.5 Å². The smallest absolute Gasteiger partial charge is 0.246 e. The summed E-state index contributed by atoms with van der Waals surface area (Å²) in [4.78, 5) is 25.4. The number of nitrogens with one attached hydrogen (secondary N) is 1. The van der Waals surface area contributed by atoms with Gasteiger partial charge in [-0.3, -0.25) is 9.59 Å². The van der Waals surface area contributed by atoms with Gasteiger partial charge in [0.15, 0.2) is 0 Å². The minimum atomic E-state index is -0.102. The molecule has 0 aliphatic heterocycles. The molecular weight excluding hydrogens is 312 g/mol. The van der Waals surface area contributed by atoms with Crippen LogP contribution in [0.1, 0.15) is 31.4 Å². The van der Waals surface area contributed by atoms with E-state index in [2.05, 4.69) is 12.2 Å². The van der Waals surface area contributed by atoms with Crippen molar-refractivity contribution in [1.82, 2.24) is 4.90 Å². The van der Waals surface area contributed by atoms with Crippen molar-refractivity contribution in [2.75, 3.05) is 11.9 Å². The van der Waals surface area contributed by atoms with Gasteiger partial charge in [-0.05, 0) is 35.8 Å². The van der Waals surface area contributed by atoms with Crippen molar-refractivity contribution in [2.24, 2.45) is 0 Å². The lowest BCUT2D eigenvalue weighted by molar-refractivity contribution is -0.126. The molecule has 130 valence electrons. The highest BCUT2D eigenvalue weighted by Gasteiger charge is 2.10. The maximum atomic E-state index is 12.5. The van der Waals surface area contributed by atoms with Gasteiger partial charge >= 0.3 is 0 Å². The predicted molar refractivity (Wildman–Crippen MR) is 102 cm³/mol. The summed E-state index contributed by atoms with van der Waals surface area (Å²) in [7, 11) is 0. The van der Waals surface area contributed by atoms with E-state index in [4.69, 9.17) is 0 Å². The lowest BCUT2D eigenvalue weighted by atomic mass is 10.1. The van der Waals surface area contributed by atoms with Gasteiger partial charge in [0.2, 0.25) is 11.8 Å². The average molecular weight is 336 g/mol. The van der Waals surface area contributed by atoms with E-state index in [9.17, 15) is 9.59 Å². The molecule has 4 nitrogen and oxygen atoms in total. The molecule has 0 aliphatic rings. The van der Waals surface area contributed by atoms with Gasteiger partial charge < -0.3 is 10.2 Å². The van der Waals surface area contributed by atoms with Gasteiger partial charge in [-0.2, -0.15) is 0 Å². The summed E-state index contributed by atoms with van der Waals surface area (Å²) >= 11 is 0. The van der Waals surface area contributed by atoms with E-state index in [1.165, 1.54) is 6.92 Å². The fraction of sp³-hybridized carbons (Fsp3) is 0.238. The summed E-state index contributed by atoms with van der Waals surface area (Å²) in [5.74, 6) is -0.105. The molecule has 0 fully saturated rings. The molecule has 2 rings (SSSR count). The van der Waals surface area contributed by atoms with Crippen LogP contribution in [-0.2, 0) is 16.1 Å². The lowest BCUT2D eigenvalue weighted by Gasteiger charge is -2.20. The highest BCUT2D eigenvalue weighted by Crippen LogP contribution is 2.12. The predicted octanol–water partition coefficient (Wildman–Crippen LogP) is 4.10. The van der Waals surface area contributed by atoms with Crippen LogP contribution in [0.5, 0.6) is 0 Å². The Bertz CT molecular complexity index is 721. The van der Waals surface area contributed by atoms with Crippen LogP contribution >= 0.6 is 0 Å². The standard InChI is InChI=1S/C21H24N2O2/c1-3-15-23(16-19-7-5-4-6-8-19)21(25)14-11-18-9-12-20(13-10-18)22-17(2)24/h4-14H,3,15-16H2,1-2H3,(H,22,24)/b14-11+. The zero-order valence-electron chi connectivity index (χ0n) is 14.7. The summed E-state index contributed by atoms with van der Waals surface area (Å²) in [5, 5.41) is 2.72. The number of benzene rings is 2. The molecule has 0 bridgehead atoms. The van der Waals surface area contributed by atoms with Crippen molar-refractivity contribution in [1.29, 1.82) is 0 Å². The topological polar surface area (TPSA) is 49.4 Å². The Kier molecular flexibility index (Phi) is 6.96. The van der Waals surface area contributed by atoms with E-state index in [-0.39, 0.29) is 11.8 Å². The number of hydrogen-bond donors (Lipinski definition) is 1. The van der Waals surface area contributed by atoms with Crippen LogP contribution in [0.15, 0.2) is 60.7 Å². The van der Waals surface area contributed by atoms with Gasteiger partial charge in [-0.25, -0.2) is 0 Å². The minimum absolute atomic E-state index is 0.00311. The van der Waals surface area contributed by atoms with E-state index >= 15 is 0 Å². The molecule has 0 saturated heterocycles. The largest absolute Gasteiger partial charge is 0.335 e. The summed E-state index contributed by atoms with van der Waals surface area (Å²) in [6.45, 7) is 4.87. The van der Waals surface area contributed by atoms with Crippen molar-refractivity contribution in [3.63, 3.8) is 0 Å². The third kappa shape index (κ3) is 6.26. The molecule has 4 heteroatoms. The Morgan fingerprint density at radius 3 is 2.32 bits per heavy atom. The summed E-state index contributed by atoms with van der Waals surface area (Å²) in [6.07, 6.45) is 4.32. The number of carbonyl (C=O) groups excluding carboxylic acids is 2. The molecule has 0 radical (unpaired) electrons. The van der Waals surface area contributed by atoms with Crippen molar-refractivity contribution >= 4 is 23.6 Å². The molecule has 0 spiro atoms. The molecule has 0 atom stereocenters. The van der Waals surface area contributed by atoms with Gasteiger partial charge in [-0.15, -0.1) is 0 Å². The summed E-state index contributed by atoms with van der Waals surface area (Å²) in [6, 6.07) is 17.4. The molecule has 2 aromatic rings. The highest BCUT2D eigenvalue weighted by atomic mass is 16.2. The first-order chi connectivity index (χ1) is 12.1. The van der Waals surface area contributed by atoms with Gasteiger partial charge in [0.1, 0.15) is 0 Å². The Labute approximate surface area is 149 Å². The van der Waals surface area contributed by atoms with Crippen molar-refractivity contribution < 1.29 is 9.59 Å². The molecule has 2 aromatic carbocycles. The molecule has 1 N–H and O–H groups in total. The zero-order chi connectivity index (χ0) is 18.1. The van der Waals surface area contributed by atoms with Crippen LogP contribution in [-0.4, -0.2) is 23.3 Å². The third-order valence-corrected chi connectivity index (χ3v) is 3.67.